The predicted octanol–water partition coefficient (Wildman–Crippen LogP) is 0.982. The Kier molecular flexibility index (Phi) is 5.41. The highest BCUT2D eigenvalue weighted by atomic mass is 16.5. The lowest BCUT2D eigenvalue weighted by molar-refractivity contribution is -0.152. The summed E-state index contributed by atoms with van der Waals surface area (Å²) in [5.41, 5.74) is 0. The molecule has 0 spiro atoms. The van der Waals surface area contributed by atoms with Crippen LogP contribution in [0, 0.1) is 11.8 Å². The number of rotatable bonds is 5. The van der Waals surface area contributed by atoms with Gasteiger partial charge in [-0.1, -0.05) is 12.8 Å². The molecule has 1 fully saturated rings. The Morgan fingerprint density at radius 1 is 1.29 bits per heavy atom. The Morgan fingerprint density at radius 3 is 2.41 bits per heavy atom. The van der Waals surface area contributed by atoms with E-state index in [2.05, 4.69) is 0 Å². The van der Waals surface area contributed by atoms with Crippen LogP contribution in [0.2, 0.25) is 0 Å². The van der Waals surface area contributed by atoms with E-state index in [-0.39, 0.29) is 11.8 Å². The number of aliphatic carboxylic acids is 1. The van der Waals surface area contributed by atoms with Gasteiger partial charge in [-0.25, -0.2) is 0 Å². The van der Waals surface area contributed by atoms with Crippen LogP contribution in [-0.4, -0.2) is 49.2 Å². The first-order valence-electron chi connectivity index (χ1n) is 6.04. The van der Waals surface area contributed by atoms with E-state index in [1.165, 1.54) is 0 Å². The van der Waals surface area contributed by atoms with Gasteiger partial charge in [-0.2, -0.15) is 0 Å². The molecule has 98 valence electrons. The van der Waals surface area contributed by atoms with Crippen LogP contribution < -0.4 is 0 Å². The number of nitrogens with zero attached hydrogens (tertiary/aromatic N) is 1. The van der Waals surface area contributed by atoms with Crippen molar-refractivity contribution in [2.24, 2.45) is 11.8 Å². The van der Waals surface area contributed by atoms with Crippen molar-refractivity contribution in [1.82, 2.24) is 4.90 Å². The maximum Gasteiger partial charge on any atom is 0.307 e. The number of likely N-dealkylation sites (N-methyl/N-ethyl adjacent to an activating group) is 1. The van der Waals surface area contributed by atoms with E-state index in [1.54, 1.807) is 19.1 Å². The molecule has 1 saturated carbocycles. The molecule has 1 rings (SSSR count). The lowest BCUT2D eigenvalue weighted by Crippen LogP contribution is -2.41. The highest BCUT2D eigenvalue weighted by molar-refractivity contribution is 5.84. The molecular weight excluding hydrogens is 222 g/mol. The fourth-order valence-electron chi connectivity index (χ4n) is 2.34. The van der Waals surface area contributed by atoms with Crippen LogP contribution in [0.25, 0.3) is 0 Å². The van der Waals surface area contributed by atoms with Crippen molar-refractivity contribution in [3.05, 3.63) is 0 Å². The van der Waals surface area contributed by atoms with E-state index in [4.69, 9.17) is 9.84 Å². The van der Waals surface area contributed by atoms with Crippen LogP contribution in [0.3, 0.4) is 0 Å². The third-order valence-corrected chi connectivity index (χ3v) is 3.41. The van der Waals surface area contributed by atoms with Crippen LogP contribution in [0.4, 0.5) is 0 Å². The Balaban J connectivity index is 2.61. The molecule has 0 heterocycles. The van der Waals surface area contributed by atoms with Gasteiger partial charge in [-0.3, -0.25) is 9.59 Å². The first kappa shape index (κ1) is 14.0. The average Bonchev–Trinajstić information content (AvgIpc) is 2.34. The van der Waals surface area contributed by atoms with E-state index < -0.39 is 11.9 Å². The fourth-order valence-corrected chi connectivity index (χ4v) is 2.34. The van der Waals surface area contributed by atoms with Gasteiger partial charge in [0.2, 0.25) is 5.91 Å². The Bertz CT molecular complexity index is 280. The molecule has 0 aromatic carbocycles. The third kappa shape index (κ3) is 3.70. The molecule has 0 aliphatic heterocycles. The number of hydrogen-bond acceptors (Lipinski definition) is 3. The van der Waals surface area contributed by atoms with E-state index in [0.29, 0.717) is 26.0 Å². The first-order valence-corrected chi connectivity index (χ1v) is 6.04. The lowest BCUT2D eigenvalue weighted by atomic mass is 9.78. The number of methoxy groups -OCH3 is 1. The van der Waals surface area contributed by atoms with Crippen LogP contribution >= 0.6 is 0 Å². The molecular formula is C12H21NO4. The van der Waals surface area contributed by atoms with E-state index in [0.717, 1.165) is 12.8 Å². The molecule has 17 heavy (non-hydrogen) atoms. The van der Waals surface area contributed by atoms with Gasteiger partial charge in [0.1, 0.15) is 0 Å². The molecule has 0 saturated heterocycles. The summed E-state index contributed by atoms with van der Waals surface area (Å²) in [4.78, 5) is 24.8. The number of amides is 1. The molecule has 1 aliphatic rings. The van der Waals surface area contributed by atoms with Crippen molar-refractivity contribution >= 4 is 11.9 Å². The molecule has 5 nitrogen and oxygen atoms in total. The second-order valence-corrected chi connectivity index (χ2v) is 4.59. The van der Waals surface area contributed by atoms with E-state index in [9.17, 15) is 9.59 Å². The molecule has 2 atom stereocenters. The maximum atomic E-state index is 12.1. The van der Waals surface area contributed by atoms with Crippen LogP contribution in [-0.2, 0) is 14.3 Å². The summed E-state index contributed by atoms with van der Waals surface area (Å²) < 4.78 is 4.91. The molecule has 0 unspecified atom stereocenters. The van der Waals surface area contributed by atoms with Gasteiger partial charge in [-0.15, -0.1) is 0 Å². The largest absolute Gasteiger partial charge is 0.481 e. The number of ether oxygens (including phenoxy) is 1. The predicted molar refractivity (Wildman–Crippen MR) is 62.6 cm³/mol. The van der Waals surface area contributed by atoms with Crippen molar-refractivity contribution in [3.8, 4) is 0 Å². The second-order valence-electron chi connectivity index (χ2n) is 4.59. The van der Waals surface area contributed by atoms with Crippen molar-refractivity contribution in [2.45, 2.75) is 25.7 Å². The Morgan fingerprint density at radius 2 is 1.88 bits per heavy atom. The average molecular weight is 243 g/mol. The zero-order chi connectivity index (χ0) is 12.8. The van der Waals surface area contributed by atoms with Gasteiger partial charge in [-0.05, 0) is 12.8 Å². The summed E-state index contributed by atoms with van der Waals surface area (Å²) in [5.74, 6) is -1.78. The number of carbonyl (C=O) groups excluding carboxylic acids is 1. The minimum atomic E-state index is -0.844. The highest BCUT2D eigenvalue weighted by Crippen LogP contribution is 2.31. The number of carbonyl (C=O) groups is 2. The molecule has 5 heteroatoms. The van der Waals surface area contributed by atoms with Gasteiger partial charge in [0.05, 0.1) is 18.4 Å². The van der Waals surface area contributed by atoms with Gasteiger partial charge < -0.3 is 14.7 Å². The van der Waals surface area contributed by atoms with Crippen LogP contribution in [0.15, 0.2) is 0 Å². The molecule has 1 amide bonds. The topological polar surface area (TPSA) is 66.8 Å². The second kappa shape index (κ2) is 6.59. The van der Waals surface area contributed by atoms with Crippen molar-refractivity contribution < 1.29 is 19.4 Å². The van der Waals surface area contributed by atoms with Crippen LogP contribution in [0.5, 0.6) is 0 Å². The summed E-state index contributed by atoms with van der Waals surface area (Å²) in [6.07, 6.45) is 3.15. The summed E-state index contributed by atoms with van der Waals surface area (Å²) in [6.45, 7) is 0.991. The summed E-state index contributed by atoms with van der Waals surface area (Å²) in [6, 6.07) is 0. The highest BCUT2D eigenvalue weighted by Gasteiger charge is 2.36. The summed E-state index contributed by atoms with van der Waals surface area (Å²) in [7, 11) is 3.29. The maximum absolute atomic E-state index is 12.1. The van der Waals surface area contributed by atoms with Gasteiger partial charge in [0, 0.05) is 20.7 Å². The third-order valence-electron chi connectivity index (χ3n) is 3.41. The number of hydrogen-bond donors (Lipinski definition) is 1. The van der Waals surface area contributed by atoms with E-state index in [1.807, 2.05) is 0 Å². The fraction of sp³-hybridized carbons (Fsp3) is 0.833. The van der Waals surface area contributed by atoms with Gasteiger partial charge in [0.15, 0.2) is 0 Å². The monoisotopic (exact) mass is 243 g/mol. The van der Waals surface area contributed by atoms with Gasteiger partial charge >= 0.3 is 5.97 Å². The smallest absolute Gasteiger partial charge is 0.307 e. The number of carboxylic acid groups (broad SMARTS) is 1. The first-order chi connectivity index (χ1) is 8.07. The molecule has 1 N–H and O–H groups in total. The molecule has 0 aromatic heterocycles. The van der Waals surface area contributed by atoms with Crippen molar-refractivity contribution in [2.75, 3.05) is 27.3 Å². The standard InChI is InChI=1S/C12H21NO4/c1-13(7-8-17-2)11(14)9-5-3-4-6-10(9)12(15)16/h9-10H,3-8H2,1-2H3,(H,15,16)/t9-,10+/m1/s1. The summed E-state index contributed by atoms with van der Waals surface area (Å²) >= 11 is 0. The minimum Gasteiger partial charge on any atom is -0.481 e. The molecule has 0 aromatic rings. The minimum absolute atomic E-state index is 0.0610. The van der Waals surface area contributed by atoms with Gasteiger partial charge in [0.25, 0.3) is 0 Å². The Labute approximate surface area is 102 Å². The van der Waals surface area contributed by atoms with Crippen molar-refractivity contribution in [3.63, 3.8) is 0 Å². The normalized spacial score (nSPS) is 24.4. The number of carboxylic acids is 1. The zero-order valence-electron chi connectivity index (χ0n) is 10.5. The zero-order valence-corrected chi connectivity index (χ0v) is 10.5. The SMILES string of the molecule is COCCN(C)C(=O)[C@@H]1CCCC[C@@H]1C(=O)O. The molecule has 1 aliphatic carbocycles. The Hall–Kier alpha value is -1.10. The molecule has 0 radical (unpaired) electrons. The van der Waals surface area contributed by atoms with E-state index >= 15 is 0 Å². The quantitative estimate of drug-likeness (QED) is 0.781. The van der Waals surface area contributed by atoms with Crippen molar-refractivity contribution in [1.29, 1.82) is 0 Å². The summed E-state index contributed by atoms with van der Waals surface area (Å²) in [5, 5.41) is 9.12. The van der Waals surface area contributed by atoms with Crippen LogP contribution in [0.1, 0.15) is 25.7 Å². The lowest BCUT2D eigenvalue weighted by Gasteiger charge is -2.30. The molecule has 0 bridgehead atoms.